The molecule has 0 fully saturated rings. The number of fused-ring (bicyclic) bond motifs is 1. The molecule has 28 heavy (non-hydrogen) atoms. The first kappa shape index (κ1) is 18.3. The summed E-state index contributed by atoms with van der Waals surface area (Å²) in [5, 5.41) is 10.3. The summed E-state index contributed by atoms with van der Waals surface area (Å²) in [6.07, 6.45) is 7.81. The number of nitrogens with one attached hydrogen (secondary N) is 2. The molecule has 3 aromatic rings. The number of amides is 2. The van der Waals surface area contributed by atoms with Crippen molar-refractivity contribution in [3.63, 3.8) is 0 Å². The molecule has 3 aromatic heterocycles. The number of thiazole rings is 1. The summed E-state index contributed by atoms with van der Waals surface area (Å²) in [7, 11) is 0. The summed E-state index contributed by atoms with van der Waals surface area (Å²) in [6.45, 7) is 2.28. The van der Waals surface area contributed by atoms with Crippen LogP contribution in [-0.4, -0.2) is 31.6 Å². The molecule has 3 heterocycles. The monoisotopic (exact) mass is 396 g/mol. The van der Waals surface area contributed by atoms with E-state index in [0.717, 1.165) is 25.0 Å². The van der Waals surface area contributed by atoms with Crippen LogP contribution in [0.5, 0.6) is 0 Å². The number of aromatic nitrogens is 4. The molecule has 0 spiro atoms. The van der Waals surface area contributed by atoms with Crippen molar-refractivity contribution in [1.82, 2.24) is 19.7 Å². The highest BCUT2D eigenvalue weighted by Gasteiger charge is 2.20. The van der Waals surface area contributed by atoms with Crippen LogP contribution >= 0.6 is 11.3 Å². The largest absolute Gasteiger partial charge is 0.318 e. The van der Waals surface area contributed by atoms with Crippen LogP contribution in [0.3, 0.4) is 0 Å². The highest BCUT2D eigenvalue weighted by atomic mass is 32.1. The van der Waals surface area contributed by atoms with E-state index >= 15 is 0 Å². The molecule has 2 N–H and O–H groups in total. The first-order chi connectivity index (χ1) is 13.6. The molecule has 1 aliphatic rings. The number of carbonyl (C=O) groups is 2. The van der Waals surface area contributed by atoms with Gasteiger partial charge in [-0.15, -0.1) is 11.3 Å². The van der Waals surface area contributed by atoms with Crippen LogP contribution in [0.1, 0.15) is 34.4 Å². The number of hydrogen-bond donors (Lipinski definition) is 2. The molecule has 0 aliphatic heterocycles. The van der Waals surface area contributed by atoms with Crippen LogP contribution in [0.25, 0.3) is 0 Å². The van der Waals surface area contributed by atoms with Gasteiger partial charge in [-0.2, -0.15) is 5.10 Å². The van der Waals surface area contributed by atoms with Gasteiger partial charge >= 0.3 is 0 Å². The van der Waals surface area contributed by atoms with Crippen LogP contribution in [0.2, 0.25) is 0 Å². The number of anilines is 2. The minimum Gasteiger partial charge on any atom is -0.318 e. The van der Waals surface area contributed by atoms with E-state index in [4.69, 9.17) is 0 Å². The highest BCUT2D eigenvalue weighted by Crippen LogP contribution is 2.32. The van der Waals surface area contributed by atoms with Crippen LogP contribution < -0.4 is 10.6 Å². The molecular weight excluding hydrogens is 376 g/mol. The maximum Gasteiger partial charge on any atom is 0.274 e. The lowest BCUT2D eigenvalue weighted by Gasteiger charge is -2.15. The third-order valence-corrected chi connectivity index (χ3v) is 5.56. The Morgan fingerprint density at radius 1 is 1.32 bits per heavy atom. The molecule has 0 bridgehead atoms. The molecule has 0 saturated heterocycles. The third-order valence-electron chi connectivity index (χ3n) is 4.53. The number of carbonyl (C=O) groups excluding carboxylic acids is 2. The van der Waals surface area contributed by atoms with Gasteiger partial charge < -0.3 is 10.6 Å². The summed E-state index contributed by atoms with van der Waals surface area (Å²) >= 11 is 1.55. The van der Waals surface area contributed by atoms with Crippen molar-refractivity contribution in [2.75, 3.05) is 10.6 Å². The standard InChI is InChI=1S/C19H20N6O2S/c1-12-5-6-14-16(8-12)28-19(23-14)24-17(26)11-25-10-13(9-21-25)22-18(27)15-4-2-3-7-20-15/h2-4,7,9-10,12H,5-6,8,11H2,1H3,(H,22,27)(H,23,24,26)/t12-/m1/s1. The molecule has 4 rings (SSSR count). The molecule has 1 atom stereocenters. The van der Waals surface area contributed by atoms with Gasteiger partial charge in [0.05, 0.1) is 17.6 Å². The fourth-order valence-electron chi connectivity index (χ4n) is 3.11. The van der Waals surface area contributed by atoms with Crippen molar-refractivity contribution in [3.05, 3.63) is 53.1 Å². The molecule has 0 aromatic carbocycles. The summed E-state index contributed by atoms with van der Waals surface area (Å²) in [6, 6.07) is 5.11. The van der Waals surface area contributed by atoms with Crippen molar-refractivity contribution in [3.8, 4) is 0 Å². The fourth-order valence-corrected chi connectivity index (χ4v) is 4.29. The first-order valence-corrected chi connectivity index (χ1v) is 9.92. The van der Waals surface area contributed by atoms with Gasteiger partial charge in [-0.3, -0.25) is 19.3 Å². The van der Waals surface area contributed by atoms with Gasteiger partial charge in [-0.25, -0.2) is 4.98 Å². The Bertz CT molecular complexity index is 997. The van der Waals surface area contributed by atoms with Crippen molar-refractivity contribution in [2.24, 2.45) is 5.92 Å². The van der Waals surface area contributed by atoms with Crippen LogP contribution in [0.15, 0.2) is 36.8 Å². The van der Waals surface area contributed by atoms with Gasteiger partial charge in [-0.1, -0.05) is 13.0 Å². The van der Waals surface area contributed by atoms with E-state index < -0.39 is 0 Å². The smallest absolute Gasteiger partial charge is 0.274 e. The lowest BCUT2D eigenvalue weighted by atomic mass is 9.93. The zero-order valence-electron chi connectivity index (χ0n) is 15.4. The number of nitrogens with zero attached hydrogens (tertiary/aromatic N) is 4. The minimum atomic E-state index is -0.327. The van der Waals surface area contributed by atoms with Crippen molar-refractivity contribution < 1.29 is 9.59 Å². The van der Waals surface area contributed by atoms with E-state index in [2.05, 4.69) is 32.6 Å². The molecule has 0 radical (unpaired) electrons. The van der Waals surface area contributed by atoms with Crippen LogP contribution in [-0.2, 0) is 24.2 Å². The topological polar surface area (TPSA) is 102 Å². The van der Waals surface area contributed by atoms with E-state index in [1.807, 2.05) is 0 Å². The Hall–Kier alpha value is -3.07. The second-order valence-corrected chi connectivity index (χ2v) is 7.96. The Kier molecular flexibility index (Phi) is 5.16. The van der Waals surface area contributed by atoms with Crippen molar-refractivity contribution in [1.29, 1.82) is 0 Å². The maximum absolute atomic E-state index is 12.3. The number of rotatable bonds is 5. The summed E-state index contributed by atoms with van der Waals surface area (Å²) in [5.41, 5.74) is 1.93. The van der Waals surface area contributed by atoms with Crippen molar-refractivity contribution >= 4 is 34.0 Å². The predicted molar refractivity (Wildman–Crippen MR) is 106 cm³/mol. The van der Waals surface area contributed by atoms with E-state index in [9.17, 15) is 9.59 Å². The molecule has 8 nitrogen and oxygen atoms in total. The average molecular weight is 396 g/mol. The zero-order chi connectivity index (χ0) is 19.5. The quantitative estimate of drug-likeness (QED) is 0.690. The van der Waals surface area contributed by atoms with E-state index in [0.29, 0.717) is 22.4 Å². The Labute approximate surface area is 166 Å². The molecular formula is C19H20N6O2S. The zero-order valence-corrected chi connectivity index (χ0v) is 16.2. The number of aryl methyl sites for hydroxylation is 1. The minimum absolute atomic E-state index is 0.0418. The Morgan fingerprint density at radius 3 is 3.04 bits per heavy atom. The van der Waals surface area contributed by atoms with Gasteiger partial charge in [0.1, 0.15) is 12.2 Å². The molecule has 9 heteroatoms. The second kappa shape index (κ2) is 7.89. The molecule has 0 saturated carbocycles. The number of hydrogen-bond acceptors (Lipinski definition) is 6. The molecule has 0 unspecified atom stereocenters. The summed E-state index contributed by atoms with van der Waals surface area (Å²) in [5.74, 6) is 0.136. The number of pyridine rings is 1. The van der Waals surface area contributed by atoms with Gasteiger partial charge in [0.25, 0.3) is 5.91 Å². The summed E-state index contributed by atoms with van der Waals surface area (Å²) in [4.78, 5) is 34.2. The van der Waals surface area contributed by atoms with E-state index in [-0.39, 0.29) is 18.4 Å². The predicted octanol–water partition coefficient (Wildman–Crippen LogP) is 2.75. The molecule has 1 aliphatic carbocycles. The van der Waals surface area contributed by atoms with Crippen LogP contribution in [0, 0.1) is 5.92 Å². The van der Waals surface area contributed by atoms with E-state index in [1.54, 1.807) is 41.9 Å². The van der Waals surface area contributed by atoms with Crippen LogP contribution in [0.4, 0.5) is 10.8 Å². The van der Waals surface area contributed by atoms with Crippen molar-refractivity contribution in [2.45, 2.75) is 32.7 Å². The molecule has 2 amide bonds. The lowest BCUT2D eigenvalue weighted by Crippen LogP contribution is -2.19. The normalized spacial score (nSPS) is 15.7. The first-order valence-electron chi connectivity index (χ1n) is 9.10. The second-order valence-electron chi connectivity index (χ2n) is 6.88. The highest BCUT2D eigenvalue weighted by molar-refractivity contribution is 7.15. The maximum atomic E-state index is 12.3. The third kappa shape index (κ3) is 4.25. The van der Waals surface area contributed by atoms with Gasteiger partial charge in [0.2, 0.25) is 5.91 Å². The SMILES string of the molecule is C[C@@H]1CCc2nc(NC(=O)Cn3cc(NC(=O)c4ccccn4)cn3)sc2C1. The average Bonchev–Trinajstić information content (AvgIpc) is 3.28. The Balaban J connectivity index is 1.34. The van der Waals surface area contributed by atoms with E-state index in [1.165, 1.54) is 15.8 Å². The molecule has 144 valence electrons. The van der Waals surface area contributed by atoms with Gasteiger partial charge in [0, 0.05) is 17.3 Å². The lowest BCUT2D eigenvalue weighted by molar-refractivity contribution is -0.116. The fraction of sp³-hybridized carbons (Fsp3) is 0.316. The van der Waals surface area contributed by atoms with Gasteiger partial charge in [0.15, 0.2) is 5.13 Å². The van der Waals surface area contributed by atoms with Gasteiger partial charge in [-0.05, 0) is 37.3 Å². The summed E-state index contributed by atoms with van der Waals surface area (Å²) < 4.78 is 1.47. The Morgan fingerprint density at radius 2 is 2.21 bits per heavy atom.